The van der Waals surface area contributed by atoms with E-state index in [4.69, 9.17) is 14.7 Å². The van der Waals surface area contributed by atoms with Gasteiger partial charge in [-0.3, -0.25) is 15.0 Å². The first kappa shape index (κ1) is 27.2. The predicted molar refractivity (Wildman–Crippen MR) is 147 cm³/mol. The first-order chi connectivity index (χ1) is 18.1. The van der Waals surface area contributed by atoms with Crippen molar-refractivity contribution in [1.82, 2.24) is 4.98 Å². The number of nitrogens with zero attached hydrogens (tertiary/aromatic N) is 4. The molecule has 2 unspecified atom stereocenters. The van der Waals surface area contributed by atoms with Gasteiger partial charge in [-0.15, -0.1) is 0 Å². The van der Waals surface area contributed by atoms with Crippen molar-refractivity contribution in [2.75, 3.05) is 11.9 Å². The molecule has 0 amide bonds. The van der Waals surface area contributed by atoms with Gasteiger partial charge in [0.25, 0.3) is 0 Å². The number of anilines is 1. The molecule has 9 heteroatoms. The molecule has 0 N–H and O–H groups in total. The number of ether oxygens (including phenoxy) is 1. The number of hydrogen-bond acceptors (Lipinski definition) is 8. The minimum atomic E-state index is -2.74. The van der Waals surface area contributed by atoms with Crippen LogP contribution in [-0.4, -0.2) is 43.0 Å². The molecule has 0 saturated carbocycles. The molecule has 0 saturated heterocycles. The second-order valence-corrected chi connectivity index (χ2v) is 11.0. The van der Waals surface area contributed by atoms with E-state index in [0.717, 1.165) is 27.5 Å². The minimum Gasteiger partial charge on any atom is -0.457 e. The molecule has 2 heterocycles. The van der Waals surface area contributed by atoms with E-state index >= 15 is 0 Å². The number of fused-ring (bicyclic) bond motifs is 1. The summed E-state index contributed by atoms with van der Waals surface area (Å²) in [6.45, 7) is 5.97. The maximum atomic E-state index is 13.0. The van der Waals surface area contributed by atoms with E-state index in [2.05, 4.69) is 4.98 Å². The Kier molecular flexibility index (Phi) is 8.36. The lowest BCUT2D eigenvalue weighted by molar-refractivity contribution is -0.136. The van der Waals surface area contributed by atoms with Crippen molar-refractivity contribution in [2.45, 2.75) is 51.9 Å². The Bertz CT molecular complexity index is 1510. The van der Waals surface area contributed by atoms with Crippen LogP contribution in [0.3, 0.4) is 0 Å². The average Bonchev–Trinajstić information content (AvgIpc) is 3.23. The fourth-order valence-corrected chi connectivity index (χ4v) is 5.27. The summed E-state index contributed by atoms with van der Waals surface area (Å²) in [5, 5.41) is 1.62. The van der Waals surface area contributed by atoms with Gasteiger partial charge in [-0.1, -0.05) is 56.3 Å². The molecule has 0 spiro atoms. The van der Waals surface area contributed by atoms with Crippen molar-refractivity contribution in [3.05, 3.63) is 94.9 Å². The van der Waals surface area contributed by atoms with E-state index in [0.29, 0.717) is 12.8 Å². The van der Waals surface area contributed by atoms with Crippen molar-refractivity contribution in [1.29, 1.82) is 0 Å². The average molecular weight is 533 g/mol. The number of carbonyl (C=O) groups excluding carboxylic acids is 1. The quantitative estimate of drug-likeness (QED) is 0.294. The summed E-state index contributed by atoms with van der Waals surface area (Å²) >= 11 is 0. The Hall–Kier alpha value is -3.85. The molecular formula is C29H32N4O4S. The summed E-state index contributed by atoms with van der Waals surface area (Å²) in [6.07, 6.45) is 4.49. The highest BCUT2D eigenvalue weighted by molar-refractivity contribution is 7.75. The van der Waals surface area contributed by atoms with Gasteiger partial charge in [-0.05, 0) is 48.6 Å². The number of esters is 1. The zero-order valence-corrected chi connectivity index (χ0v) is 22.9. The van der Waals surface area contributed by atoms with Gasteiger partial charge in [0.2, 0.25) is 10.3 Å². The third kappa shape index (κ3) is 6.52. The van der Waals surface area contributed by atoms with Crippen LogP contribution in [0.15, 0.2) is 83.0 Å². The maximum absolute atomic E-state index is 13.0. The smallest absolute Gasteiger partial charge is 0.352 e. The fourth-order valence-electron chi connectivity index (χ4n) is 4.60. The van der Waals surface area contributed by atoms with Gasteiger partial charge in [0, 0.05) is 25.4 Å². The van der Waals surface area contributed by atoms with Crippen LogP contribution in [0.1, 0.15) is 38.3 Å². The second-order valence-electron chi connectivity index (χ2n) is 10.1. The van der Waals surface area contributed by atoms with Gasteiger partial charge in [-0.2, -0.15) is 8.42 Å². The Labute approximate surface area is 224 Å². The number of carbonyl (C=O) groups is 1. The van der Waals surface area contributed by atoms with E-state index in [1.807, 2.05) is 86.3 Å². The molecule has 2 atom stereocenters. The monoisotopic (exact) mass is 532 g/mol. The van der Waals surface area contributed by atoms with Gasteiger partial charge in [-0.25, -0.2) is 4.79 Å². The lowest BCUT2D eigenvalue weighted by atomic mass is 9.98. The van der Waals surface area contributed by atoms with Gasteiger partial charge in [0.15, 0.2) is 10.5 Å². The third-order valence-corrected chi connectivity index (χ3v) is 7.24. The fraction of sp³-hybridized carbons (Fsp3) is 0.345. The van der Waals surface area contributed by atoms with E-state index in [-0.39, 0.29) is 17.4 Å². The van der Waals surface area contributed by atoms with Crippen molar-refractivity contribution in [2.24, 2.45) is 15.9 Å². The molecule has 1 aliphatic heterocycles. The van der Waals surface area contributed by atoms with Crippen LogP contribution in [0, 0.1) is 5.92 Å². The molecule has 198 valence electrons. The van der Waals surface area contributed by atoms with Crippen LogP contribution in [-0.2, 0) is 32.9 Å². The van der Waals surface area contributed by atoms with Crippen molar-refractivity contribution in [3.8, 4) is 0 Å². The number of benzene rings is 2. The first-order valence-corrected chi connectivity index (χ1v) is 13.6. The molecule has 38 heavy (non-hydrogen) atoms. The molecule has 0 aliphatic carbocycles. The van der Waals surface area contributed by atoms with Crippen molar-refractivity contribution >= 4 is 26.8 Å². The minimum absolute atomic E-state index is 0.00197. The molecule has 1 aliphatic rings. The highest BCUT2D eigenvalue weighted by Crippen LogP contribution is 2.25. The van der Waals surface area contributed by atoms with E-state index in [1.165, 1.54) is 0 Å². The first-order valence-electron chi connectivity index (χ1n) is 12.5. The van der Waals surface area contributed by atoms with Gasteiger partial charge in [0.05, 0.1) is 17.6 Å². The number of hydrogen-bond donors (Lipinski definition) is 0. The molecule has 0 radical (unpaired) electrons. The molecule has 4 rings (SSSR count). The van der Waals surface area contributed by atoms with Gasteiger partial charge >= 0.3 is 5.97 Å². The van der Waals surface area contributed by atoms with E-state index in [1.54, 1.807) is 19.4 Å². The van der Waals surface area contributed by atoms with Gasteiger partial charge < -0.3 is 9.64 Å². The lowest BCUT2D eigenvalue weighted by Crippen LogP contribution is -2.44. The lowest BCUT2D eigenvalue weighted by Gasteiger charge is -2.31. The maximum Gasteiger partial charge on any atom is 0.352 e. The summed E-state index contributed by atoms with van der Waals surface area (Å²) in [6, 6.07) is 18.2. The third-order valence-electron chi connectivity index (χ3n) is 6.44. The predicted octanol–water partition coefficient (Wildman–Crippen LogP) is 2.94. The number of pyridine rings is 1. The van der Waals surface area contributed by atoms with E-state index in [9.17, 15) is 13.2 Å². The van der Waals surface area contributed by atoms with Crippen LogP contribution in [0.5, 0.6) is 0 Å². The van der Waals surface area contributed by atoms with Crippen LogP contribution < -0.4 is 15.6 Å². The normalized spacial score (nSPS) is 16.7. The van der Waals surface area contributed by atoms with Crippen molar-refractivity contribution < 1.29 is 17.9 Å². The molecule has 2 aromatic carbocycles. The largest absolute Gasteiger partial charge is 0.457 e. The molecule has 0 bridgehead atoms. The Morgan fingerprint density at radius 1 is 0.974 bits per heavy atom. The molecule has 0 fully saturated rings. The number of aromatic nitrogens is 1. The highest BCUT2D eigenvalue weighted by Gasteiger charge is 2.31. The number of rotatable bonds is 10. The molecule has 3 aromatic rings. The zero-order valence-electron chi connectivity index (χ0n) is 22.0. The molecular weight excluding hydrogens is 500 g/mol. The second kappa shape index (κ2) is 11.7. The summed E-state index contributed by atoms with van der Waals surface area (Å²) in [5.41, 5.74) is 2.00. The van der Waals surface area contributed by atoms with Gasteiger partial charge in [0.1, 0.15) is 12.0 Å². The highest BCUT2D eigenvalue weighted by atomic mass is 32.2. The Balaban J connectivity index is 1.53. The van der Waals surface area contributed by atoms with Crippen LogP contribution in [0.2, 0.25) is 0 Å². The standard InChI is InChI=1S/C29H32N4O4S/c1-20(2)16-26(27(38(35)36)28(34)37-19-22-8-6-5-7-9-22)33(4)23-12-10-21(11-13-23)17-29(3)31-24-14-15-30-18-25(24)32-29/h5-15,18,20,26H,16-17,19H2,1-4H3. The summed E-state index contributed by atoms with van der Waals surface area (Å²) in [4.78, 5) is 28.2. The SMILES string of the molecule is CC(C)CC(C(C(=O)OCc1ccccc1)=S(=O)=O)N(C)c1ccc(CC2(C)N=c3ccncc3=N2)cc1. The van der Waals surface area contributed by atoms with Crippen LogP contribution >= 0.6 is 0 Å². The Morgan fingerprint density at radius 2 is 1.66 bits per heavy atom. The van der Waals surface area contributed by atoms with E-state index < -0.39 is 28.0 Å². The Morgan fingerprint density at radius 3 is 2.29 bits per heavy atom. The molecule has 8 nitrogen and oxygen atoms in total. The van der Waals surface area contributed by atoms with Crippen LogP contribution in [0.25, 0.3) is 0 Å². The summed E-state index contributed by atoms with van der Waals surface area (Å²) < 4.78 is 30.0. The van der Waals surface area contributed by atoms with Crippen LogP contribution in [0.4, 0.5) is 5.69 Å². The topological polar surface area (TPSA) is 101 Å². The zero-order chi connectivity index (χ0) is 27.3. The molecule has 1 aromatic heterocycles. The van der Waals surface area contributed by atoms with Crippen molar-refractivity contribution in [3.63, 3.8) is 0 Å². The summed E-state index contributed by atoms with van der Waals surface area (Å²) in [7, 11) is -0.947. The summed E-state index contributed by atoms with van der Waals surface area (Å²) in [5.74, 6) is -0.688.